The van der Waals surface area contributed by atoms with Crippen LogP contribution in [-0.2, 0) is 4.79 Å². The lowest BCUT2D eigenvalue weighted by Gasteiger charge is -2.25. The topological polar surface area (TPSA) is 45.2 Å². The molecule has 3 rings (SSSR count). The molecule has 4 heteroatoms. The zero-order valence-electron chi connectivity index (χ0n) is 11.9. The predicted molar refractivity (Wildman–Crippen MR) is 82.9 cm³/mol. The number of nitrogens with zero attached hydrogens (tertiary/aromatic N) is 2. The minimum absolute atomic E-state index is 0.144. The van der Waals surface area contributed by atoms with E-state index in [1.807, 2.05) is 53.6 Å². The second-order valence-electron chi connectivity index (χ2n) is 5.25. The maximum atomic E-state index is 12.4. The highest BCUT2D eigenvalue weighted by Crippen LogP contribution is 2.31. The number of amides is 1. The Kier molecular flexibility index (Phi) is 4.15. The largest absolute Gasteiger partial charge is 0.376 e. The Morgan fingerprint density at radius 1 is 1.24 bits per heavy atom. The molecular weight excluding hydrogens is 262 g/mol. The minimum Gasteiger partial charge on any atom is -0.376 e. The van der Waals surface area contributed by atoms with Crippen molar-refractivity contribution in [1.29, 1.82) is 0 Å². The Balaban J connectivity index is 1.64. The van der Waals surface area contributed by atoms with Crippen LogP contribution in [0.4, 0.5) is 5.69 Å². The monoisotopic (exact) mass is 281 g/mol. The summed E-state index contributed by atoms with van der Waals surface area (Å²) in [5.41, 5.74) is 2.10. The van der Waals surface area contributed by atoms with Gasteiger partial charge in [0, 0.05) is 24.6 Å². The second kappa shape index (κ2) is 6.39. The summed E-state index contributed by atoms with van der Waals surface area (Å²) in [6.07, 6.45) is 5.70. The lowest BCUT2D eigenvalue weighted by atomic mass is 10.1. The molecule has 0 spiro atoms. The van der Waals surface area contributed by atoms with Crippen LogP contribution in [0.1, 0.15) is 24.4 Å². The molecule has 1 amide bonds. The van der Waals surface area contributed by atoms with Crippen molar-refractivity contribution in [2.45, 2.75) is 18.9 Å². The number of hydrogen-bond donors (Lipinski definition) is 1. The SMILES string of the molecule is O=C(CNc1ccccc1)N1CCCC1c1cccnc1. The maximum absolute atomic E-state index is 12.4. The van der Waals surface area contributed by atoms with E-state index in [0.29, 0.717) is 6.54 Å². The zero-order chi connectivity index (χ0) is 14.5. The average molecular weight is 281 g/mol. The van der Waals surface area contributed by atoms with Gasteiger partial charge >= 0.3 is 0 Å². The first-order valence-electron chi connectivity index (χ1n) is 7.33. The normalized spacial score (nSPS) is 17.7. The standard InChI is InChI=1S/C17H19N3O/c21-17(13-19-15-7-2-1-3-8-15)20-11-5-9-16(20)14-6-4-10-18-12-14/h1-4,6-8,10,12,16,19H,5,9,11,13H2. The molecule has 1 saturated heterocycles. The predicted octanol–water partition coefficient (Wildman–Crippen LogP) is 2.86. The molecule has 0 bridgehead atoms. The van der Waals surface area contributed by atoms with E-state index in [4.69, 9.17) is 0 Å². The molecule has 2 aromatic rings. The first-order chi connectivity index (χ1) is 10.3. The van der Waals surface area contributed by atoms with E-state index >= 15 is 0 Å². The Morgan fingerprint density at radius 2 is 2.10 bits per heavy atom. The van der Waals surface area contributed by atoms with Crippen LogP contribution in [-0.4, -0.2) is 28.9 Å². The highest BCUT2D eigenvalue weighted by Gasteiger charge is 2.29. The third kappa shape index (κ3) is 3.21. The Morgan fingerprint density at radius 3 is 2.86 bits per heavy atom. The van der Waals surface area contributed by atoms with E-state index < -0.39 is 0 Å². The molecule has 1 aliphatic heterocycles. The fraction of sp³-hybridized carbons (Fsp3) is 0.294. The van der Waals surface area contributed by atoms with Gasteiger partial charge in [0.1, 0.15) is 0 Å². The number of carbonyl (C=O) groups is 1. The highest BCUT2D eigenvalue weighted by molar-refractivity contribution is 5.81. The van der Waals surface area contributed by atoms with Crippen molar-refractivity contribution in [3.8, 4) is 0 Å². The molecule has 0 aliphatic carbocycles. The van der Waals surface area contributed by atoms with Crippen LogP contribution in [0.15, 0.2) is 54.9 Å². The molecule has 0 saturated carbocycles. The number of likely N-dealkylation sites (tertiary alicyclic amines) is 1. The van der Waals surface area contributed by atoms with Crippen LogP contribution in [0.3, 0.4) is 0 Å². The van der Waals surface area contributed by atoms with Crippen molar-refractivity contribution in [2.24, 2.45) is 0 Å². The molecule has 1 aliphatic rings. The molecule has 1 atom stereocenters. The van der Waals surface area contributed by atoms with E-state index in [1.54, 1.807) is 6.20 Å². The number of para-hydroxylation sites is 1. The van der Waals surface area contributed by atoms with Gasteiger partial charge in [-0.3, -0.25) is 9.78 Å². The number of nitrogens with one attached hydrogen (secondary N) is 1. The summed E-state index contributed by atoms with van der Waals surface area (Å²) < 4.78 is 0. The highest BCUT2D eigenvalue weighted by atomic mass is 16.2. The van der Waals surface area contributed by atoms with E-state index in [-0.39, 0.29) is 11.9 Å². The first-order valence-corrected chi connectivity index (χ1v) is 7.33. The molecule has 4 nitrogen and oxygen atoms in total. The molecule has 1 aromatic carbocycles. The van der Waals surface area contributed by atoms with Crippen LogP contribution < -0.4 is 5.32 Å². The van der Waals surface area contributed by atoms with E-state index in [9.17, 15) is 4.79 Å². The van der Waals surface area contributed by atoms with Crippen LogP contribution in [0.2, 0.25) is 0 Å². The first kappa shape index (κ1) is 13.6. The fourth-order valence-corrected chi connectivity index (χ4v) is 2.82. The minimum atomic E-state index is 0.144. The van der Waals surface area contributed by atoms with Gasteiger partial charge in [-0.15, -0.1) is 0 Å². The molecule has 21 heavy (non-hydrogen) atoms. The second-order valence-corrected chi connectivity index (χ2v) is 5.25. The van der Waals surface area contributed by atoms with Crippen LogP contribution >= 0.6 is 0 Å². The van der Waals surface area contributed by atoms with Gasteiger partial charge < -0.3 is 10.2 Å². The number of hydrogen-bond acceptors (Lipinski definition) is 3. The summed E-state index contributed by atoms with van der Waals surface area (Å²) >= 11 is 0. The van der Waals surface area contributed by atoms with Gasteiger partial charge in [0.15, 0.2) is 0 Å². The Hall–Kier alpha value is -2.36. The third-order valence-electron chi connectivity index (χ3n) is 3.86. The smallest absolute Gasteiger partial charge is 0.242 e. The molecular formula is C17H19N3O. The van der Waals surface area contributed by atoms with E-state index in [2.05, 4.69) is 10.3 Å². The summed E-state index contributed by atoms with van der Waals surface area (Å²) in [4.78, 5) is 18.6. The van der Waals surface area contributed by atoms with Crippen LogP contribution in [0.25, 0.3) is 0 Å². The fourth-order valence-electron chi connectivity index (χ4n) is 2.82. The van der Waals surface area contributed by atoms with Gasteiger partial charge in [-0.2, -0.15) is 0 Å². The summed E-state index contributed by atoms with van der Waals surface area (Å²) in [7, 11) is 0. The number of pyridine rings is 1. The molecule has 1 unspecified atom stereocenters. The maximum Gasteiger partial charge on any atom is 0.242 e. The Labute approximate surface area is 124 Å². The van der Waals surface area contributed by atoms with E-state index in [0.717, 1.165) is 30.6 Å². The zero-order valence-corrected chi connectivity index (χ0v) is 11.9. The molecule has 108 valence electrons. The van der Waals surface area contributed by atoms with Gasteiger partial charge in [0.2, 0.25) is 5.91 Å². The van der Waals surface area contributed by atoms with Crippen LogP contribution in [0, 0.1) is 0 Å². The van der Waals surface area contributed by atoms with Gasteiger partial charge in [-0.25, -0.2) is 0 Å². The molecule has 0 radical (unpaired) electrons. The number of anilines is 1. The number of rotatable bonds is 4. The molecule has 1 N–H and O–H groups in total. The summed E-state index contributed by atoms with van der Waals surface area (Å²) in [6, 6.07) is 14.0. The molecule has 2 heterocycles. The number of aromatic nitrogens is 1. The van der Waals surface area contributed by atoms with Crippen molar-refractivity contribution in [3.63, 3.8) is 0 Å². The van der Waals surface area contributed by atoms with Gasteiger partial charge in [0.05, 0.1) is 12.6 Å². The van der Waals surface area contributed by atoms with Gasteiger partial charge in [-0.1, -0.05) is 24.3 Å². The third-order valence-corrected chi connectivity index (χ3v) is 3.86. The summed E-state index contributed by atoms with van der Waals surface area (Å²) in [5, 5.41) is 3.19. The van der Waals surface area contributed by atoms with Crippen molar-refractivity contribution in [1.82, 2.24) is 9.88 Å². The lowest BCUT2D eigenvalue weighted by Crippen LogP contribution is -2.35. The summed E-state index contributed by atoms with van der Waals surface area (Å²) in [6.45, 7) is 1.16. The van der Waals surface area contributed by atoms with E-state index in [1.165, 1.54) is 0 Å². The molecule has 1 fully saturated rings. The summed E-state index contributed by atoms with van der Waals surface area (Å²) in [5.74, 6) is 0.144. The van der Waals surface area contributed by atoms with Gasteiger partial charge in [-0.05, 0) is 36.6 Å². The average Bonchev–Trinajstić information content (AvgIpc) is 3.04. The number of carbonyl (C=O) groups excluding carboxylic acids is 1. The van der Waals surface area contributed by atoms with Crippen molar-refractivity contribution >= 4 is 11.6 Å². The van der Waals surface area contributed by atoms with Crippen LogP contribution in [0.5, 0.6) is 0 Å². The number of benzene rings is 1. The lowest BCUT2D eigenvalue weighted by molar-refractivity contribution is -0.130. The van der Waals surface area contributed by atoms with Gasteiger partial charge in [0.25, 0.3) is 0 Å². The Bertz CT molecular complexity index is 585. The van der Waals surface area contributed by atoms with Crippen molar-refractivity contribution in [3.05, 3.63) is 60.4 Å². The molecule has 1 aromatic heterocycles. The van der Waals surface area contributed by atoms with Crippen molar-refractivity contribution in [2.75, 3.05) is 18.4 Å². The quantitative estimate of drug-likeness (QED) is 0.937. The van der Waals surface area contributed by atoms with Crippen molar-refractivity contribution < 1.29 is 4.79 Å².